The van der Waals surface area contributed by atoms with Gasteiger partial charge < -0.3 is 0 Å². The molecule has 0 rings (SSSR count). The Bertz CT molecular complexity index is 130. The van der Waals surface area contributed by atoms with Gasteiger partial charge in [0.1, 0.15) is 0 Å². The van der Waals surface area contributed by atoms with Gasteiger partial charge in [-0.15, -0.1) is 0 Å². The van der Waals surface area contributed by atoms with E-state index in [1.807, 2.05) is 13.8 Å². The van der Waals surface area contributed by atoms with E-state index in [0.29, 0.717) is 5.92 Å². The third kappa shape index (κ3) is 3.28. The normalized spacial score (nSPS) is 14.0. The third-order valence-electron chi connectivity index (χ3n) is 1.43. The lowest BCUT2D eigenvalue weighted by Gasteiger charge is -2.12. The van der Waals surface area contributed by atoms with Gasteiger partial charge in [0.15, 0.2) is 5.16 Å². The molecule has 0 saturated heterocycles. The third-order valence-corrected chi connectivity index (χ3v) is 2.64. The molecule has 1 atom stereocenters. The standard InChI is InChI=1S/C7H15O2P/c1-6(2)5-7(3,4)10(8)9/h6H,5H2,1-4H3/p+1. The summed E-state index contributed by atoms with van der Waals surface area (Å²) >= 11 is 0. The summed E-state index contributed by atoms with van der Waals surface area (Å²) in [5.41, 5.74) is 0. The molecule has 0 aromatic carbocycles. The first-order valence-electron chi connectivity index (χ1n) is 3.52. The largest absolute Gasteiger partial charge is 0.511 e. The fourth-order valence-corrected chi connectivity index (χ4v) is 1.60. The van der Waals surface area contributed by atoms with E-state index in [9.17, 15) is 4.57 Å². The first kappa shape index (κ1) is 10.1. The second kappa shape index (κ2) is 3.45. The maximum Gasteiger partial charge on any atom is 0.511 e. The molecular formula is C7H16O2P+. The van der Waals surface area contributed by atoms with Crippen LogP contribution in [0.15, 0.2) is 0 Å². The highest BCUT2D eigenvalue weighted by atomic mass is 31.1. The first-order chi connectivity index (χ1) is 4.36. The molecule has 0 heterocycles. The van der Waals surface area contributed by atoms with E-state index < -0.39 is 13.2 Å². The van der Waals surface area contributed by atoms with Gasteiger partial charge in [0.25, 0.3) is 0 Å². The van der Waals surface area contributed by atoms with Crippen molar-refractivity contribution in [2.24, 2.45) is 5.92 Å². The predicted molar refractivity (Wildman–Crippen MR) is 43.4 cm³/mol. The molecular weight excluding hydrogens is 147 g/mol. The Kier molecular flexibility index (Phi) is 3.47. The highest BCUT2D eigenvalue weighted by molar-refractivity contribution is 7.39. The van der Waals surface area contributed by atoms with Gasteiger partial charge in [0.2, 0.25) is 0 Å². The number of hydrogen-bond acceptors (Lipinski definition) is 1. The number of rotatable bonds is 3. The molecule has 0 aromatic rings. The molecule has 0 fully saturated rings. The van der Waals surface area contributed by atoms with Crippen molar-refractivity contribution in [3.8, 4) is 0 Å². The fraction of sp³-hybridized carbons (Fsp3) is 1.00. The minimum Gasteiger partial charge on any atom is -0.160 e. The fourth-order valence-electron chi connectivity index (χ4n) is 1.08. The zero-order valence-corrected chi connectivity index (χ0v) is 7.98. The molecule has 1 N–H and O–H groups in total. The molecule has 0 aliphatic rings. The van der Waals surface area contributed by atoms with Crippen LogP contribution < -0.4 is 0 Å². The predicted octanol–water partition coefficient (Wildman–Crippen LogP) is 2.55. The second-order valence-electron chi connectivity index (χ2n) is 3.68. The van der Waals surface area contributed by atoms with Crippen LogP contribution in [0.3, 0.4) is 0 Å². The lowest BCUT2D eigenvalue weighted by Crippen LogP contribution is -2.16. The summed E-state index contributed by atoms with van der Waals surface area (Å²) in [5.74, 6) is 0.487. The lowest BCUT2D eigenvalue weighted by molar-refractivity contribution is 0.421. The summed E-state index contributed by atoms with van der Waals surface area (Å²) in [5, 5.41) is -0.413. The molecule has 0 aliphatic heterocycles. The van der Waals surface area contributed by atoms with Gasteiger partial charge in [-0.05, 0) is 24.3 Å². The average Bonchev–Trinajstić information content (AvgIpc) is 1.60. The van der Waals surface area contributed by atoms with Crippen molar-refractivity contribution >= 4 is 8.03 Å². The van der Waals surface area contributed by atoms with Crippen LogP contribution in [0, 0.1) is 5.92 Å². The number of hydrogen-bond donors (Lipinski definition) is 1. The lowest BCUT2D eigenvalue weighted by atomic mass is 10.00. The van der Waals surface area contributed by atoms with Crippen molar-refractivity contribution in [1.29, 1.82) is 0 Å². The maximum atomic E-state index is 10.7. The highest BCUT2D eigenvalue weighted by Gasteiger charge is 2.39. The van der Waals surface area contributed by atoms with Crippen molar-refractivity contribution in [2.75, 3.05) is 0 Å². The first-order valence-corrected chi connectivity index (χ1v) is 4.74. The molecule has 10 heavy (non-hydrogen) atoms. The van der Waals surface area contributed by atoms with Crippen LogP contribution in [-0.2, 0) is 4.57 Å². The SMILES string of the molecule is CC(C)CC(C)(C)[P+](=O)O. The summed E-state index contributed by atoms with van der Waals surface area (Å²) in [7, 11) is -2.03. The van der Waals surface area contributed by atoms with E-state index in [-0.39, 0.29) is 0 Å². The molecule has 0 radical (unpaired) electrons. The zero-order valence-electron chi connectivity index (χ0n) is 7.09. The van der Waals surface area contributed by atoms with E-state index in [0.717, 1.165) is 6.42 Å². The van der Waals surface area contributed by atoms with E-state index in [4.69, 9.17) is 4.89 Å². The summed E-state index contributed by atoms with van der Waals surface area (Å²) in [6.07, 6.45) is 0.804. The quantitative estimate of drug-likeness (QED) is 0.649. The van der Waals surface area contributed by atoms with Crippen LogP contribution in [0.1, 0.15) is 34.1 Å². The van der Waals surface area contributed by atoms with Crippen molar-refractivity contribution in [3.05, 3.63) is 0 Å². The molecule has 1 unspecified atom stereocenters. The van der Waals surface area contributed by atoms with Crippen LogP contribution >= 0.6 is 8.03 Å². The van der Waals surface area contributed by atoms with Gasteiger partial charge in [-0.1, -0.05) is 13.8 Å². The zero-order chi connectivity index (χ0) is 8.36. The minimum atomic E-state index is -2.03. The topological polar surface area (TPSA) is 37.3 Å². The van der Waals surface area contributed by atoms with Crippen LogP contribution in [0.2, 0.25) is 0 Å². The van der Waals surface area contributed by atoms with Crippen molar-refractivity contribution in [3.63, 3.8) is 0 Å². The van der Waals surface area contributed by atoms with Gasteiger partial charge in [-0.3, -0.25) is 0 Å². The van der Waals surface area contributed by atoms with E-state index in [2.05, 4.69) is 13.8 Å². The Morgan fingerprint density at radius 2 is 1.90 bits per heavy atom. The van der Waals surface area contributed by atoms with Crippen LogP contribution in [-0.4, -0.2) is 10.0 Å². The Labute approximate surface area is 63.5 Å². The van der Waals surface area contributed by atoms with Crippen LogP contribution in [0.25, 0.3) is 0 Å². The van der Waals surface area contributed by atoms with Crippen molar-refractivity contribution < 1.29 is 9.46 Å². The summed E-state index contributed by atoms with van der Waals surface area (Å²) in [4.78, 5) is 8.84. The Hall–Kier alpha value is 0.0600. The minimum absolute atomic E-state index is 0.413. The summed E-state index contributed by atoms with van der Waals surface area (Å²) < 4.78 is 10.7. The molecule has 0 spiro atoms. The molecule has 0 aliphatic carbocycles. The van der Waals surface area contributed by atoms with Gasteiger partial charge in [-0.25, -0.2) is 0 Å². The summed E-state index contributed by atoms with van der Waals surface area (Å²) in [6.45, 7) is 7.76. The van der Waals surface area contributed by atoms with Crippen molar-refractivity contribution in [1.82, 2.24) is 0 Å². The average molecular weight is 163 g/mol. The van der Waals surface area contributed by atoms with E-state index in [1.54, 1.807) is 0 Å². The monoisotopic (exact) mass is 163 g/mol. The Morgan fingerprint density at radius 1 is 1.50 bits per heavy atom. The van der Waals surface area contributed by atoms with Crippen molar-refractivity contribution in [2.45, 2.75) is 39.3 Å². The molecule has 0 bridgehead atoms. The van der Waals surface area contributed by atoms with E-state index >= 15 is 0 Å². The highest BCUT2D eigenvalue weighted by Crippen LogP contribution is 2.39. The van der Waals surface area contributed by atoms with Gasteiger partial charge >= 0.3 is 8.03 Å². The molecule has 0 aromatic heterocycles. The summed E-state index contributed by atoms with van der Waals surface area (Å²) in [6, 6.07) is 0. The molecule has 0 saturated carbocycles. The molecule has 0 amide bonds. The van der Waals surface area contributed by atoms with Gasteiger partial charge in [-0.2, -0.15) is 4.89 Å². The van der Waals surface area contributed by atoms with Crippen LogP contribution in [0.4, 0.5) is 0 Å². The second-order valence-corrected chi connectivity index (χ2v) is 5.44. The smallest absolute Gasteiger partial charge is 0.160 e. The van der Waals surface area contributed by atoms with E-state index in [1.165, 1.54) is 0 Å². The molecule has 2 nitrogen and oxygen atoms in total. The molecule has 3 heteroatoms. The molecule has 60 valence electrons. The van der Waals surface area contributed by atoms with Crippen LogP contribution in [0.5, 0.6) is 0 Å². The van der Waals surface area contributed by atoms with Gasteiger partial charge in [0.05, 0.1) is 0 Å². The Balaban J connectivity index is 4.00. The van der Waals surface area contributed by atoms with Gasteiger partial charge in [0, 0.05) is 6.42 Å². The Morgan fingerprint density at radius 3 is 2.00 bits per heavy atom. The maximum absolute atomic E-state index is 10.7.